The van der Waals surface area contributed by atoms with Crippen molar-refractivity contribution in [3.63, 3.8) is 0 Å². The number of cyclic esters (lactones) is 1. The summed E-state index contributed by atoms with van der Waals surface area (Å²) in [5, 5.41) is 49.5. The Kier molecular flexibility index (Phi) is 4.93. The normalized spacial score (nSPS) is 43.8. The average molecular weight is 360 g/mol. The van der Waals surface area contributed by atoms with Gasteiger partial charge < -0.3 is 39.7 Å². The molecule has 9 heteroatoms. The summed E-state index contributed by atoms with van der Waals surface area (Å²) >= 11 is 0. The molecule has 0 aromatic carbocycles. The van der Waals surface area contributed by atoms with Crippen molar-refractivity contribution in [1.82, 2.24) is 0 Å². The molecule has 7 atom stereocenters. The minimum absolute atomic E-state index is 0.0310. The van der Waals surface area contributed by atoms with E-state index in [2.05, 4.69) is 0 Å². The molecule has 3 rings (SSSR count). The van der Waals surface area contributed by atoms with Crippen LogP contribution in [0.5, 0.6) is 0 Å². The Morgan fingerprint density at radius 1 is 1.16 bits per heavy atom. The highest BCUT2D eigenvalue weighted by Gasteiger charge is 2.51. The molecule has 25 heavy (non-hydrogen) atoms. The third kappa shape index (κ3) is 3.10. The van der Waals surface area contributed by atoms with Crippen LogP contribution in [0, 0.1) is 5.41 Å². The summed E-state index contributed by atoms with van der Waals surface area (Å²) in [5.41, 5.74) is 0.329. The number of aliphatic hydroxyl groups excluding tert-OH is 5. The fourth-order valence-corrected chi connectivity index (χ4v) is 3.82. The van der Waals surface area contributed by atoms with Gasteiger partial charge in [0.1, 0.15) is 37.1 Å². The van der Waals surface area contributed by atoms with Crippen molar-refractivity contribution in [2.24, 2.45) is 5.41 Å². The van der Waals surface area contributed by atoms with Crippen LogP contribution < -0.4 is 0 Å². The van der Waals surface area contributed by atoms with E-state index in [-0.39, 0.29) is 13.0 Å². The SMILES string of the molecule is CC1(C)C[C@H](O)[C@H](O[C@@H]2O[C@H](CO)[C@@H](O)[C@H](O)[C@H]2O)C2=C1C(=O)OC2. The largest absolute Gasteiger partial charge is 0.458 e. The topological polar surface area (TPSA) is 146 Å². The summed E-state index contributed by atoms with van der Waals surface area (Å²) < 4.78 is 16.1. The molecule has 1 fully saturated rings. The molecule has 0 saturated carbocycles. The van der Waals surface area contributed by atoms with Crippen LogP contribution in [0.1, 0.15) is 20.3 Å². The fourth-order valence-electron chi connectivity index (χ4n) is 3.82. The molecular weight excluding hydrogens is 336 g/mol. The van der Waals surface area contributed by atoms with Gasteiger partial charge in [-0.1, -0.05) is 13.8 Å². The zero-order valence-corrected chi connectivity index (χ0v) is 14.0. The van der Waals surface area contributed by atoms with Gasteiger partial charge in [0.05, 0.1) is 12.7 Å². The molecule has 1 aliphatic carbocycles. The molecule has 0 bridgehead atoms. The average Bonchev–Trinajstić information content (AvgIpc) is 2.93. The summed E-state index contributed by atoms with van der Waals surface area (Å²) in [6, 6.07) is 0. The monoisotopic (exact) mass is 360 g/mol. The van der Waals surface area contributed by atoms with E-state index < -0.39 is 60.9 Å². The number of ether oxygens (including phenoxy) is 3. The maximum absolute atomic E-state index is 12.0. The van der Waals surface area contributed by atoms with Crippen molar-refractivity contribution >= 4 is 5.97 Å². The van der Waals surface area contributed by atoms with Gasteiger partial charge in [-0.2, -0.15) is 0 Å². The molecule has 0 aromatic heterocycles. The highest BCUT2D eigenvalue weighted by molar-refractivity contribution is 5.93. The van der Waals surface area contributed by atoms with Gasteiger partial charge in [0, 0.05) is 11.1 Å². The molecule has 1 saturated heterocycles. The van der Waals surface area contributed by atoms with E-state index in [1.807, 2.05) is 13.8 Å². The predicted molar refractivity (Wildman–Crippen MR) is 81.0 cm³/mol. The Bertz CT molecular complexity index is 570. The quantitative estimate of drug-likeness (QED) is 0.354. The molecule has 3 aliphatic rings. The van der Waals surface area contributed by atoms with Crippen molar-refractivity contribution in [2.75, 3.05) is 13.2 Å². The van der Waals surface area contributed by atoms with Crippen LogP contribution in [-0.4, -0.2) is 87.6 Å². The molecule has 0 unspecified atom stereocenters. The van der Waals surface area contributed by atoms with Gasteiger partial charge in [0.15, 0.2) is 6.29 Å². The summed E-state index contributed by atoms with van der Waals surface area (Å²) in [5.74, 6) is -0.464. The van der Waals surface area contributed by atoms with Crippen molar-refractivity contribution < 1.29 is 44.5 Å². The lowest BCUT2D eigenvalue weighted by atomic mass is 9.71. The minimum Gasteiger partial charge on any atom is -0.458 e. The van der Waals surface area contributed by atoms with Gasteiger partial charge in [0.25, 0.3) is 0 Å². The van der Waals surface area contributed by atoms with E-state index in [0.717, 1.165) is 0 Å². The maximum Gasteiger partial charge on any atom is 0.335 e. The standard InChI is InChI=1S/C16H24O9/c1-16(2)3-7(18)13(6-5-23-14(22)9(6)16)25-15-12(21)11(20)10(19)8(4-17)24-15/h7-8,10-13,15,17-21H,3-5H2,1-2H3/t7-,8+,10+,11-,12+,13+,15-/m0/s1. The molecule has 0 amide bonds. The Hall–Kier alpha value is -1.07. The van der Waals surface area contributed by atoms with Gasteiger partial charge in [-0.05, 0) is 11.8 Å². The predicted octanol–water partition coefficient (Wildman–Crippen LogP) is -2.18. The molecule has 2 heterocycles. The first-order chi connectivity index (χ1) is 11.7. The first-order valence-electron chi connectivity index (χ1n) is 8.22. The summed E-state index contributed by atoms with van der Waals surface area (Å²) in [7, 11) is 0. The highest BCUT2D eigenvalue weighted by Crippen LogP contribution is 2.45. The molecule has 0 radical (unpaired) electrons. The van der Waals surface area contributed by atoms with Crippen LogP contribution in [0.15, 0.2) is 11.1 Å². The van der Waals surface area contributed by atoms with Crippen LogP contribution in [0.2, 0.25) is 0 Å². The second-order valence-electron chi connectivity index (χ2n) is 7.39. The van der Waals surface area contributed by atoms with E-state index in [0.29, 0.717) is 11.1 Å². The van der Waals surface area contributed by atoms with Crippen LogP contribution in [0.25, 0.3) is 0 Å². The van der Waals surface area contributed by atoms with Crippen LogP contribution in [-0.2, 0) is 19.0 Å². The van der Waals surface area contributed by atoms with Gasteiger partial charge in [0.2, 0.25) is 0 Å². The van der Waals surface area contributed by atoms with E-state index in [1.54, 1.807) is 0 Å². The molecule has 5 N–H and O–H groups in total. The highest BCUT2D eigenvalue weighted by atomic mass is 16.7. The number of aliphatic hydroxyl groups is 5. The maximum atomic E-state index is 12.0. The van der Waals surface area contributed by atoms with Crippen molar-refractivity contribution in [3.05, 3.63) is 11.1 Å². The van der Waals surface area contributed by atoms with Crippen molar-refractivity contribution in [1.29, 1.82) is 0 Å². The molecule has 0 aromatic rings. The van der Waals surface area contributed by atoms with Crippen LogP contribution in [0.3, 0.4) is 0 Å². The van der Waals surface area contributed by atoms with Gasteiger partial charge in [-0.15, -0.1) is 0 Å². The molecular formula is C16H24O9. The number of carbonyl (C=O) groups excluding carboxylic acids is 1. The fraction of sp³-hybridized carbons (Fsp3) is 0.812. The summed E-state index contributed by atoms with van der Waals surface area (Å²) in [6.07, 6.45) is -8.86. The summed E-state index contributed by atoms with van der Waals surface area (Å²) in [6.45, 7) is 3.03. The minimum atomic E-state index is -1.58. The van der Waals surface area contributed by atoms with Crippen LogP contribution in [0.4, 0.5) is 0 Å². The van der Waals surface area contributed by atoms with Gasteiger partial charge in [-0.25, -0.2) is 4.79 Å². The Labute approximate surface area is 144 Å². The van der Waals surface area contributed by atoms with Crippen molar-refractivity contribution in [2.45, 2.75) is 63.2 Å². The third-order valence-electron chi connectivity index (χ3n) is 5.10. The molecule has 2 aliphatic heterocycles. The summed E-state index contributed by atoms with van der Waals surface area (Å²) in [4.78, 5) is 12.0. The first kappa shape index (κ1) is 18.7. The molecule has 142 valence electrons. The number of rotatable bonds is 3. The zero-order chi connectivity index (χ0) is 18.5. The number of esters is 1. The number of hydrogen-bond acceptors (Lipinski definition) is 9. The molecule has 9 nitrogen and oxygen atoms in total. The lowest BCUT2D eigenvalue weighted by Gasteiger charge is -2.43. The number of hydrogen-bond donors (Lipinski definition) is 5. The van der Waals surface area contributed by atoms with Gasteiger partial charge >= 0.3 is 5.97 Å². The molecule has 0 spiro atoms. The number of carbonyl (C=O) groups is 1. The van der Waals surface area contributed by atoms with E-state index in [4.69, 9.17) is 14.2 Å². The second-order valence-corrected chi connectivity index (χ2v) is 7.39. The van der Waals surface area contributed by atoms with Gasteiger partial charge in [-0.3, -0.25) is 0 Å². The Balaban J connectivity index is 1.85. The van der Waals surface area contributed by atoms with E-state index in [9.17, 15) is 30.3 Å². The second kappa shape index (κ2) is 6.58. The zero-order valence-electron chi connectivity index (χ0n) is 14.0. The van der Waals surface area contributed by atoms with E-state index >= 15 is 0 Å². The lowest BCUT2D eigenvalue weighted by molar-refractivity contribution is -0.314. The van der Waals surface area contributed by atoms with Crippen molar-refractivity contribution in [3.8, 4) is 0 Å². The lowest BCUT2D eigenvalue weighted by Crippen LogP contribution is -2.60. The Morgan fingerprint density at radius 2 is 1.84 bits per heavy atom. The first-order valence-corrected chi connectivity index (χ1v) is 8.22. The Morgan fingerprint density at radius 3 is 2.48 bits per heavy atom. The smallest absolute Gasteiger partial charge is 0.335 e. The van der Waals surface area contributed by atoms with Crippen LogP contribution >= 0.6 is 0 Å². The van der Waals surface area contributed by atoms with E-state index in [1.165, 1.54) is 0 Å². The third-order valence-corrected chi connectivity index (χ3v) is 5.10.